The van der Waals surface area contributed by atoms with Crippen molar-refractivity contribution in [3.63, 3.8) is 0 Å². The number of hydrogen-bond donors (Lipinski definition) is 1. The Morgan fingerprint density at radius 3 is 2.25 bits per heavy atom. The van der Waals surface area contributed by atoms with Crippen LogP contribution in [-0.2, 0) is 27.7 Å². The van der Waals surface area contributed by atoms with Gasteiger partial charge in [-0.2, -0.15) is 4.31 Å². The van der Waals surface area contributed by atoms with Crippen molar-refractivity contribution in [3.05, 3.63) is 65.0 Å². The average Bonchev–Trinajstić information content (AvgIpc) is 2.82. The molecule has 0 unspecified atom stereocenters. The Morgan fingerprint density at radius 2 is 1.56 bits per heavy atom. The van der Waals surface area contributed by atoms with Crippen LogP contribution in [-0.4, -0.2) is 62.2 Å². The molecule has 1 saturated heterocycles. The maximum atomic E-state index is 13.1. The number of sulfonamides is 1. The molecule has 2 amide bonds. The lowest BCUT2D eigenvalue weighted by molar-refractivity contribution is -0.131. The highest BCUT2D eigenvalue weighted by molar-refractivity contribution is 7.89. The zero-order chi connectivity index (χ0) is 22.7. The summed E-state index contributed by atoms with van der Waals surface area (Å²) in [5.74, 6) is -1.20. The van der Waals surface area contributed by atoms with Gasteiger partial charge >= 0.3 is 0 Å². The third kappa shape index (κ3) is 4.83. The number of carbonyl (C=O) groups excluding carboxylic acids is 2. The van der Waals surface area contributed by atoms with E-state index in [1.165, 1.54) is 34.1 Å². The van der Waals surface area contributed by atoms with Gasteiger partial charge in [-0.15, -0.1) is 0 Å². The smallest absolute Gasteiger partial charge is 0.251 e. The van der Waals surface area contributed by atoms with Gasteiger partial charge < -0.3 is 10.2 Å². The Balaban J connectivity index is 1.31. The maximum absolute atomic E-state index is 13.1. The molecule has 2 aliphatic rings. The van der Waals surface area contributed by atoms with Gasteiger partial charge in [0.05, 0.1) is 11.4 Å². The summed E-state index contributed by atoms with van der Waals surface area (Å²) in [6.07, 6.45) is 4.12. The van der Waals surface area contributed by atoms with Gasteiger partial charge in [-0.1, -0.05) is 6.07 Å². The minimum atomic E-state index is -3.61. The molecule has 32 heavy (non-hydrogen) atoms. The lowest BCUT2D eigenvalue weighted by Crippen LogP contribution is -2.52. The molecule has 0 spiro atoms. The predicted octanol–water partition coefficient (Wildman–Crippen LogP) is 1.97. The largest absolute Gasteiger partial charge is 0.343 e. The highest BCUT2D eigenvalue weighted by Crippen LogP contribution is 2.26. The fraction of sp³-hybridized carbons (Fsp3) is 0.391. The third-order valence-electron chi connectivity index (χ3n) is 6.06. The first-order valence-electron chi connectivity index (χ1n) is 10.8. The van der Waals surface area contributed by atoms with Crippen LogP contribution in [0.15, 0.2) is 47.4 Å². The summed E-state index contributed by atoms with van der Waals surface area (Å²) in [6.45, 7) is 0.729. The molecule has 2 aromatic rings. The number of nitrogens with one attached hydrogen (secondary N) is 1. The van der Waals surface area contributed by atoms with Gasteiger partial charge in [-0.05, 0) is 73.2 Å². The van der Waals surface area contributed by atoms with E-state index in [0.29, 0.717) is 4.90 Å². The third-order valence-corrected chi connectivity index (χ3v) is 7.95. The molecular weight excluding hydrogens is 433 g/mol. The molecule has 1 heterocycles. The molecule has 2 aromatic carbocycles. The topological polar surface area (TPSA) is 86.8 Å². The first-order chi connectivity index (χ1) is 15.3. The number of nitrogens with zero attached hydrogens (tertiary/aromatic N) is 2. The number of halogens is 1. The van der Waals surface area contributed by atoms with Crippen LogP contribution in [0.1, 0.15) is 34.3 Å². The molecule has 0 aromatic heterocycles. The number of benzene rings is 2. The Kier molecular flexibility index (Phi) is 6.57. The molecule has 0 saturated carbocycles. The molecule has 9 heteroatoms. The zero-order valence-electron chi connectivity index (χ0n) is 17.7. The van der Waals surface area contributed by atoms with Gasteiger partial charge in [-0.25, -0.2) is 12.8 Å². The fourth-order valence-electron chi connectivity index (χ4n) is 4.17. The second-order valence-electron chi connectivity index (χ2n) is 8.11. The Bertz CT molecular complexity index is 1110. The number of aryl methyl sites for hydroxylation is 2. The van der Waals surface area contributed by atoms with Gasteiger partial charge in [-0.3, -0.25) is 9.59 Å². The van der Waals surface area contributed by atoms with Crippen molar-refractivity contribution in [1.29, 1.82) is 0 Å². The minimum Gasteiger partial charge on any atom is -0.343 e. The van der Waals surface area contributed by atoms with Crippen LogP contribution in [0.25, 0.3) is 0 Å². The van der Waals surface area contributed by atoms with Gasteiger partial charge in [0.15, 0.2) is 0 Å². The van der Waals surface area contributed by atoms with Crippen LogP contribution in [0.5, 0.6) is 0 Å². The summed E-state index contributed by atoms with van der Waals surface area (Å²) in [4.78, 5) is 26.4. The quantitative estimate of drug-likeness (QED) is 0.741. The van der Waals surface area contributed by atoms with Gasteiger partial charge in [0.1, 0.15) is 5.82 Å². The SMILES string of the molecule is O=C(NCC(=O)N1CCN(S(=O)(=O)c2ccc3c(c2)CCCC3)CC1)c1ccc(F)cc1. The highest BCUT2D eigenvalue weighted by Gasteiger charge is 2.30. The first-order valence-corrected chi connectivity index (χ1v) is 12.2. The molecule has 1 aliphatic carbocycles. The normalized spacial score (nSPS) is 17.0. The summed E-state index contributed by atoms with van der Waals surface area (Å²) >= 11 is 0. The maximum Gasteiger partial charge on any atom is 0.251 e. The predicted molar refractivity (Wildman–Crippen MR) is 117 cm³/mol. The molecular formula is C23H26FN3O4S. The number of hydrogen-bond acceptors (Lipinski definition) is 4. The van der Waals surface area contributed by atoms with Crippen molar-refractivity contribution in [3.8, 4) is 0 Å². The van der Waals surface area contributed by atoms with Crippen LogP contribution in [0, 0.1) is 5.82 Å². The second-order valence-corrected chi connectivity index (χ2v) is 10.1. The monoisotopic (exact) mass is 459 g/mol. The van der Waals surface area contributed by atoms with Gasteiger partial charge in [0, 0.05) is 31.7 Å². The number of amides is 2. The van der Waals surface area contributed by atoms with Crippen molar-refractivity contribution < 1.29 is 22.4 Å². The number of piperazine rings is 1. The number of carbonyl (C=O) groups is 2. The summed E-state index contributed by atoms with van der Waals surface area (Å²) in [7, 11) is -3.61. The minimum absolute atomic E-state index is 0.201. The van der Waals surface area contributed by atoms with E-state index in [1.54, 1.807) is 17.0 Å². The van der Waals surface area contributed by atoms with E-state index in [-0.39, 0.29) is 44.2 Å². The van der Waals surface area contributed by atoms with E-state index < -0.39 is 21.7 Å². The van der Waals surface area contributed by atoms with Crippen molar-refractivity contribution in [1.82, 2.24) is 14.5 Å². The molecule has 1 fully saturated rings. The van der Waals surface area contributed by atoms with Crippen molar-refractivity contribution in [2.75, 3.05) is 32.7 Å². The summed E-state index contributed by atoms with van der Waals surface area (Å²) < 4.78 is 40.5. The van der Waals surface area contributed by atoms with Crippen molar-refractivity contribution in [2.45, 2.75) is 30.6 Å². The first kappa shape index (κ1) is 22.4. The molecule has 1 N–H and O–H groups in total. The molecule has 0 radical (unpaired) electrons. The van der Waals surface area contributed by atoms with Crippen molar-refractivity contribution in [2.24, 2.45) is 0 Å². The Labute approximate surface area is 187 Å². The average molecular weight is 460 g/mol. The molecule has 170 valence electrons. The number of fused-ring (bicyclic) bond motifs is 1. The van der Waals surface area contributed by atoms with E-state index >= 15 is 0 Å². The van der Waals surface area contributed by atoms with Crippen LogP contribution >= 0.6 is 0 Å². The molecule has 0 bridgehead atoms. The van der Waals surface area contributed by atoms with Gasteiger partial charge in [0.2, 0.25) is 15.9 Å². The molecule has 1 aliphatic heterocycles. The Hall–Kier alpha value is -2.78. The standard InChI is InChI=1S/C23H26FN3O4S/c24-20-8-5-18(6-9-20)23(29)25-16-22(28)26-11-13-27(14-12-26)32(30,31)21-10-7-17-3-1-2-4-19(17)15-21/h5-10,15H,1-4,11-14,16H2,(H,25,29). The zero-order valence-corrected chi connectivity index (χ0v) is 18.5. The van der Waals surface area contributed by atoms with Crippen molar-refractivity contribution >= 4 is 21.8 Å². The van der Waals surface area contributed by atoms with E-state index in [4.69, 9.17) is 0 Å². The number of rotatable bonds is 5. The molecule has 4 rings (SSSR count). The van der Waals surface area contributed by atoms with E-state index in [0.717, 1.165) is 31.2 Å². The van der Waals surface area contributed by atoms with Crippen LogP contribution in [0.4, 0.5) is 4.39 Å². The second kappa shape index (κ2) is 9.38. The van der Waals surface area contributed by atoms with Gasteiger partial charge in [0.25, 0.3) is 5.91 Å². The van der Waals surface area contributed by atoms with Crippen LogP contribution in [0.2, 0.25) is 0 Å². The molecule has 7 nitrogen and oxygen atoms in total. The van der Waals surface area contributed by atoms with E-state index in [2.05, 4.69) is 5.32 Å². The Morgan fingerprint density at radius 1 is 0.906 bits per heavy atom. The summed E-state index contributed by atoms with van der Waals surface area (Å²) in [5.41, 5.74) is 2.61. The fourth-order valence-corrected chi connectivity index (χ4v) is 5.64. The van der Waals surface area contributed by atoms with E-state index in [1.807, 2.05) is 6.07 Å². The van der Waals surface area contributed by atoms with Crippen LogP contribution in [0.3, 0.4) is 0 Å². The summed E-state index contributed by atoms with van der Waals surface area (Å²) in [5, 5.41) is 2.53. The van der Waals surface area contributed by atoms with Crippen LogP contribution < -0.4 is 5.32 Å². The molecule has 0 atom stereocenters. The lowest BCUT2D eigenvalue weighted by atomic mass is 9.92. The summed E-state index contributed by atoms with van der Waals surface area (Å²) in [6, 6.07) is 10.5. The van der Waals surface area contributed by atoms with E-state index in [9.17, 15) is 22.4 Å². The lowest BCUT2D eigenvalue weighted by Gasteiger charge is -2.34. The highest BCUT2D eigenvalue weighted by atomic mass is 32.2.